The average molecular weight is 265 g/mol. The molecule has 19 heavy (non-hydrogen) atoms. The molecule has 104 valence electrons. The lowest BCUT2D eigenvalue weighted by Crippen LogP contribution is -2.42. The predicted octanol–water partition coefficient (Wildman–Crippen LogP) is 2.29. The molecular formula is C15H20FNO2. The number of hydrogen-bond acceptors (Lipinski definition) is 3. The molecule has 2 aliphatic rings. The van der Waals surface area contributed by atoms with Crippen molar-refractivity contribution in [2.45, 2.75) is 44.4 Å². The van der Waals surface area contributed by atoms with Gasteiger partial charge in [0.2, 0.25) is 0 Å². The van der Waals surface area contributed by atoms with E-state index in [1.807, 2.05) is 0 Å². The van der Waals surface area contributed by atoms with Crippen LogP contribution in [-0.2, 0) is 11.2 Å². The minimum atomic E-state index is -0.200. The van der Waals surface area contributed by atoms with E-state index in [1.54, 1.807) is 12.1 Å². The lowest BCUT2D eigenvalue weighted by Gasteiger charge is -2.28. The third-order valence-corrected chi connectivity index (χ3v) is 3.90. The van der Waals surface area contributed by atoms with Crippen LogP contribution in [0.3, 0.4) is 0 Å². The quantitative estimate of drug-likeness (QED) is 0.909. The van der Waals surface area contributed by atoms with E-state index in [4.69, 9.17) is 9.47 Å². The van der Waals surface area contributed by atoms with E-state index in [9.17, 15) is 4.39 Å². The molecule has 2 heterocycles. The van der Waals surface area contributed by atoms with Gasteiger partial charge in [-0.05, 0) is 38.0 Å². The number of ether oxygens (including phenoxy) is 2. The Bertz CT molecular complexity index is 444. The van der Waals surface area contributed by atoms with E-state index in [1.165, 1.54) is 6.07 Å². The summed E-state index contributed by atoms with van der Waals surface area (Å²) in [6, 6.07) is 5.29. The highest BCUT2D eigenvalue weighted by atomic mass is 19.1. The van der Waals surface area contributed by atoms with Crippen LogP contribution in [0.15, 0.2) is 18.2 Å². The highest BCUT2D eigenvalue weighted by Crippen LogP contribution is 2.29. The molecule has 0 spiro atoms. The maximum absolute atomic E-state index is 13.1. The van der Waals surface area contributed by atoms with Crippen molar-refractivity contribution >= 4 is 0 Å². The Balaban J connectivity index is 1.48. The molecule has 0 aromatic heterocycles. The van der Waals surface area contributed by atoms with Gasteiger partial charge in [-0.1, -0.05) is 0 Å². The van der Waals surface area contributed by atoms with E-state index in [0.29, 0.717) is 12.6 Å². The zero-order chi connectivity index (χ0) is 13.2. The molecule has 3 nitrogen and oxygen atoms in total. The largest absolute Gasteiger partial charge is 0.487 e. The van der Waals surface area contributed by atoms with Crippen LogP contribution in [0.1, 0.15) is 25.3 Å². The van der Waals surface area contributed by atoms with Crippen LogP contribution in [0.4, 0.5) is 4.39 Å². The van der Waals surface area contributed by atoms with Gasteiger partial charge in [-0.3, -0.25) is 0 Å². The monoisotopic (exact) mass is 265 g/mol. The first-order valence-electron chi connectivity index (χ1n) is 7.01. The zero-order valence-electron chi connectivity index (χ0n) is 11.2. The predicted molar refractivity (Wildman–Crippen MR) is 71.0 cm³/mol. The van der Waals surface area contributed by atoms with Crippen LogP contribution in [0.25, 0.3) is 0 Å². The number of piperidine rings is 1. The van der Waals surface area contributed by atoms with Gasteiger partial charge in [0.25, 0.3) is 0 Å². The summed E-state index contributed by atoms with van der Waals surface area (Å²) in [6.07, 6.45) is 3.30. The zero-order valence-corrected chi connectivity index (χ0v) is 11.2. The minimum Gasteiger partial charge on any atom is -0.487 e. The number of fused-ring (bicyclic) bond motifs is 1. The molecule has 0 radical (unpaired) electrons. The van der Waals surface area contributed by atoms with Crippen molar-refractivity contribution in [2.24, 2.45) is 0 Å². The van der Waals surface area contributed by atoms with Gasteiger partial charge in [-0.15, -0.1) is 0 Å². The summed E-state index contributed by atoms with van der Waals surface area (Å²) >= 11 is 0. The van der Waals surface area contributed by atoms with Crippen molar-refractivity contribution in [3.63, 3.8) is 0 Å². The van der Waals surface area contributed by atoms with Gasteiger partial charge in [0.15, 0.2) is 0 Å². The number of benzene rings is 1. The van der Waals surface area contributed by atoms with Gasteiger partial charge in [-0.25, -0.2) is 4.39 Å². The van der Waals surface area contributed by atoms with Crippen LogP contribution in [0.2, 0.25) is 0 Å². The molecule has 0 amide bonds. The highest BCUT2D eigenvalue weighted by Gasteiger charge is 2.25. The summed E-state index contributed by atoms with van der Waals surface area (Å²) in [7, 11) is 0. The van der Waals surface area contributed by atoms with Gasteiger partial charge < -0.3 is 14.8 Å². The normalized spacial score (nSPS) is 29.9. The second-order valence-electron chi connectivity index (χ2n) is 5.54. The maximum Gasteiger partial charge on any atom is 0.126 e. The van der Waals surface area contributed by atoms with Crippen LogP contribution < -0.4 is 10.1 Å². The third-order valence-electron chi connectivity index (χ3n) is 3.90. The summed E-state index contributed by atoms with van der Waals surface area (Å²) in [4.78, 5) is 0. The van der Waals surface area contributed by atoms with E-state index in [-0.39, 0.29) is 18.0 Å². The van der Waals surface area contributed by atoms with Crippen molar-refractivity contribution < 1.29 is 13.9 Å². The van der Waals surface area contributed by atoms with Gasteiger partial charge in [0, 0.05) is 24.6 Å². The van der Waals surface area contributed by atoms with Gasteiger partial charge in [-0.2, -0.15) is 0 Å². The topological polar surface area (TPSA) is 30.5 Å². The number of hydrogen-bond donors (Lipinski definition) is 1. The maximum atomic E-state index is 13.1. The lowest BCUT2D eigenvalue weighted by molar-refractivity contribution is -0.00770. The Morgan fingerprint density at radius 1 is 1.42 bits per heavy atom. The third kappa shape index (κ3) is 3.07. The molecule has 2 aliphatic heterocycles. The van der Waals surface area contributed by atoms with Gasteiger partial charge >= 0.3 is 0 Å². The molecule has 0 aliphatic carbocycles. The Labute approximate surface area is 113 Å². The molecule has 1 saturated heterocycles. The molecule has 1 N–H and O–H groups in total. The summed E-state index contributed by atoms with van der Waals surface area (Å²) in [5.74, 6) is 0.597. The summed E-state index contributed by atoms with van der Waals surface area (Å²) < 4.78 is 24.8. The van der Waals surface area contributed by atoms with Crippen molar-refractivity contribution in [2.75, 3.05) is 13.2 Å². The van der Waals surface area contributed by atoms with E-state index >= 15 is 0 Å². The highest BCUT2D eigenvalue weighted by molar-refractivity contribution is 5.37. The molecule has 3 rings (SSSR count). The Kier molecular flexibility index (Phi) is 3.71. The molecule has 1 aromatic rings. The molecule has 1 fully saturated rings. The van der Waals surface area contributed by atoms with Crippen molar-refractivity contribution in [1.29, 1.82) is 0 Å². The van der Waals surface area contributed by atoms with E-state index < -0.39 is 0 Å². The minimum absolute atomic E-state index is 0.0242. The lowest BCUT2D eigenvalue weighted by atomic mass is 10.0. The van der Waals surface area contributed by atoms with Gasteiger partial charge in [0.05, 0.1) is 12.7 Å². The number of rotatable bonds is 3. The SMILES string of the molecule is CC1CCC(OCC2Cc3cc(F)ccc3O2)CN1. The summed E-state index contributed by atoms with van der Waals surface area (Å²) in [5, 5.41) is 3.42. The Hall–Kier alpha value is -1.13. The fraction of sp³-hybridized carbons (Fsp3) is 0.600. The Morgan fingerprint density at radius 3 is 3.11 bits per heavy atom. The number of halogens is 1. The molecule has 4 heteroatoms. The molecule has 0 bridgehead atoms. The first-order chi connectivity index (χ1) is 9.20. The molecular weight excluding hydrogens is 245 g/mol. The Morgan fingerprint density at radius 2 is 2.32 bits per heavy atom. The van der Waals surface area contributed by atoms with Gasteiger partial charge in [0.1, 0.15) is 17.7 Å². The standard InChI is InChI=1S/C15H20FNO2/c1-10-2-4-13(8-17-10)18-9-14-7-11-6-12(16)3-5-15(11)19-14/h3,5-6,10,13-14,17H,2,4,7-9H2,1H3. The van der Waals surface area contributed by atoms with Crippen LogP contribution in [0.5, 0.6) is 5.75 Å². The molecule has 0 saturated carbocycles. The van der Waals surface area contributed by atoms with Crippen molar-refractivity contribution in [3.8, 4) is 5.75 Å². The average Bonchev–Trinajstić information content (AvgIpc) is 2.80. The fourth-order valence-corrected chi connectivity index (χ4v) is 2.74. The first kappa shape index (κ1) is 12.9. The summed E-state index contributed by atoms with van der Waals surface area (Å²) in [5.41, 5.74) is 0.948. The van der Waals surface area contributed by atoms with Crippen molar-refractivity contribution in [3.05, 3.63) is 29.6 Å². The van der Waals surface area contributed by atoms with Crippen LogP contribution in [0, 0.1) is 5.82 Å². The first-order valence-corrected chi connectivity index (χ1v) is 7.01. The molecule has 3 unspecified atom stereocenters. The number of nitrogens with one attached hydrogen (secondary N) is 1. The van der Waals surface area contributed by atoms with E-state index in [0.717, 1.165) is 37.1 Å². The smallest absolute Gasteiger partial charge is 0.126 e. The van der Waals surface area contributed by atoms with E-state index in [2.05, 4.69) is 12.2 Å². The second-order valence-corrected chi connectivity index (χ2v) is 5.54. The second kappa shape index (κ2) is 5.47. The van der Waals surface area contributed by atoms with Crippen LogP contribution >= 0.6 is 0 Å². The van der Waals surface area contributed by atoms with Crippen LogP contribution in [-0.4, -0.2) is 31.4 Å². The molecule has 1 aromatic carbocycles. The summed E-state index contributed by atoms with van der Waals surface area (Å²) in [6.45, 7) is 3.69. The molecule has 3 atom stereocenters. The van der Waals surface area contributed by atoms with Crippen molar-refractivity contribution in [1.82, 2.24) is 5.32 Å². The fourth-order valence-electron chi connectivity index (χ4n) is 2.74.